The van der Waals surface area contributed by atoms with Gasteiger partial charge in [0.15, 0.2) is 0 Å². The van der Waals surface area contributed by atoms with Gasteiger partial charge in [-0.3, -0.25) is 24.2 Å². The van der Waals surface area contributed by atoms with Crippen LogP contribution in [0.1, 0.15) is 22.3 Å². The number of thioether (sulfide) groups is 1. The van der Waals surface area contributed by atoms with Gasteiger partial charge in [-0.2, -0.15) is 0 Å². The molecule has 35 heavy (non-hydrogen) atoms. The van der Waals surface area contributed by atoms with E-state index >= 15 is 0 Å². The summed E-state index contributed by atoms with van der Waals surface area (Å²) < 4.78 is 13.6. The van der Waals surface area contributed by atoms with Crippen molar-refractivity contribution in [1.29, 1.82) is 0 Å². The summed E-state index contributed by atoms with van der Waals surface area (Å²) in [6.07, 6.45) is 0. The van der Waals surface area contributed by atoms with Crippen molar-refractivity contribution in [3.63, 3.8) is 0 Å². The summed E-state index contributed by atoms with van der Waals surface area (Å²) >= 11 is 1.23. The minimum Gasteiger partial charge on any atom is -0.350 e. The van der Waals surface area contributed by atoms with Crippen LogP contribution in [0.3, 0.4) is 0 Å². The van der Waals surface area contributed by atoms with Crippen LogP contribution >= 0.6 is 11.8 Å². The summed E-state index contributed by atoms with van der Waals surface area (Å²) in [4.78, 5) is 41.6. The van der Waals surface area contributed by atoms with Crippen LogP contribution in [0.5, 0.6) is 0 Å². The fourth-order valence-electron chi connectivity index (χ4n) is 4.69. The number of nitrogens with zero attached hydrogens (tertiary/aromatic N) is 2. The molecule has 1 fully saturated rings. The number of fused-ring (bicyclic) bond motifs is 2. The standard InChI is InChI=1S/C27H24FN3O3S/c1-17-6-8-19(9-7-17)14-29-23(32)15-30-25-18(2)4-3-5-22(25)27(26(30)34)31(24(33)16-35-27)21-12-10-20(28)11-13-21/h3-13H,14-16H2,1-2H3,(H,29,32)/t27-/m1/s1. The zero-order chi connectivity index (χ0) is 24.7. The smallest absolute Gasteiger partial charge is 0.269 e. The van der Waals surface area contributed by atoms with Gasteiger partial charge in [-0.05, 0) is 49.2 Å². The molecule has 1 N–H and O–H groups in total. The second-order valence-corrected chi connectivity index (χ2v) is 9.93. The first kappa shape index (κ1) is 23.1. The molecule has 5 rings (SSSR count). The number of para-hydroxylation sites is 1. The van der Waals surface area contributed by atoms with E-state index < -0.39 is 10.7 Å². The number of benzene rings is 3. The summed E-state index contributed by atoms with van der Waals surface area (Å²) in [5, 5.41) is 2.89. The molecule has 1 spiro atoms. The summed E-state index contributed by atoms with van der Waals surface area (Å²) in [7, 11) is 0. The topological polar surface area (TPSA) is 69.7 Å². The van der Waals surface area contributed by atoms with E-state index in [0.717, 1.165) is 16.7 Å². The van der Waals surface area contributed by atoms with Gasteiger partial charge in [0.2, 0.25) is 16.7 Å². The quantitative estimate of drug-likeness (QED) is 0.588. The van der Waals surface area contributed by atoms with Gasteiger partial charge in [-0.25, -0.2) is 4.39 Å². The molecule has 0 aliphatic carbocycles. The number of carbonyl (C=O) groups is 3. The highest BCUT2D eigenvalue weighted by Gasteiger charge is 2.61. The largest absolute Gasteiger partial charge is 0.350 e. The average Bonchev–Trinajstić information content (AvgIpc) is 3.31. The Bertz CT molecular complexity index is 1330. The molecule has 0 saturated carbocycles. The lowest BCUT2D eigenvalue weighted by Gasteiger charge is -2.33. The normalized spacial score (nSPS) is 18.9. The minimum absolute atomic E-state index is 0.101. The number of amides is 3. The SMILES string of the molecule is Cc1ccc(CNC(=O)CN2C(=O)[C@]3(SCC(=O)N3c3ccc(F)cc3)c3cccc(C)c32)cc1. The van der Waals surface area contributed by atoms with Crippen LogP contribution in [0, 0.1) is 19.7 Å². The van der Waals surface area contributed by atoms with Gasteiger partial charge < -0.3 is 5.32 Å². The van der Waals surface area contributed by atoms with Gasteiger partial charge in [0, 0.05) is 17.8 Å². The first-order valence-electron chi connectivity index (χ1n) is 11.3. The molecular weight excluding hydrogens is 465 g/mol. The summed E-state index contributed by atoms with van der Waals surface area (Å²) in [5.74, 6) is -1.22. The molecule has 0 bridgehead atoms. The number of hydrogen-bond acceptors (Lipinski definition) is 4. The molecule has 3 aromatic carbocycles. The molecule has 6 nitrogen and oxygen atoms in total. The average molecular weight is 490 g/mol. The third-order valence-corrected chi connectivity index (χ3v) is 7.76. The number of carbonyl (C=O) groups excluding carboxylic acids is 3. The third kappa shape index (κ3) is 3.87. The van der Waals surface area contributed by atoms with E-state index in [-0.39, 0.29) is 30.0 Å². The zero-order valence-corrected chi connectivity index (χ0v) is 20.2. The van der Waals surface area contributed by atoms with Gasteiger partial charge in [0.1, 0.15) is 12.4 Å². The molecule has 3 amide bonds. The van der Waals surface area contributed by atoms with Crippen LogP contribution in [-0.2, 0) is 25.8 Å². The van der Waals surface area contributed by atoms with Gasteiger partial charge in [-0.1, -0.05) is 48.0 Å². The highest BCUT2D eigenvalue weighted by molar-refractivity contribution is 8.02. The maximum atomic E-state index is 14.0. The van der Waals surface area contributed by atoms with Crippen molar-refractivity contribution < 1.29 is 18.8 Å². The second-order valence-electron chi connectivity index (χ2n) is 8.76. The van der Waals surface area contributed by atoms with Gasteiger partial charge >= 0.3 is 0 Å². The number of hydrogen-bond donors (Lipinski definition) is 1. The maximum Gasteiger partial charge on any atom is 0.269 e. The van der Waals surface area contributed by atoms with Crippen molar-refractivity contribution in [3.8, 4) is 0 Å². The highest BCUT2D eigenvalue weighted by Crippen LogP contribution is 2.56. The molecule has 1 saturated heterocycles. The van der Waals surface area contributed by atoms with Gasteiger partial charge in [0.25, 0.3) is 5.91 Å². The molecular formula is C27H24FN3O3S. The third-order valence-electron chi connectivity index (χ3n) is 6.37. The van der Waals surface area contributed by atoms with Crippen LogP contribution < -0.4 is 15.1 Å². The van der Waals surface area contributed by atoms with Crippen molar-refractivity contribution in [3.05, 3.63) is 94.8 Å². The molecule has 0 aromatic heterocycles. The summed E-state index contributed by atoms with van der Waals surface area (Å²) in [5.41, 5.74) is 4.66. The van der Waals surface area contributed by atoms with Gasteiger partial charge in [-0.15, -0.1) is 11.8 Å². The summed E-state index contributed by atoms with van der Waals surface area (Å²) in [6.45, 7) is 4.06. The molecule has 2 heterocycles. The Labute approximate surface area is 207 Å². The zero-order valence-electron chi connectivity index (χ0n) is 19.4. The van der Waals surface area contributed by atoms with Crippen LogP contribution in [0.25, 0.3) is 0 Å². The monoisotopic (exact) mass is 489 g/mol. The molecule has 8 heteroatoms. The summed E-state index contributed by atoms with van der Waals surface area (Å²) in [6, 6.07) is 19.0. The lowest BCUT2D eigenvalue weighted by Crippen LogP contribution is -2.51. The van der Waals surface area contributed by atoms with Crippen molar-refractivity contribution in [2.45, 2.75) is 25.3 Å². The van der Waals surface area contributed by atoms with Crippen LogP contribution in [0.15, 0.2) is 66.7 Å². The number of halogens is 1. The van der Waals surface area contributed by atoms with Crippen molar-refractivity contribution in [1.82, 2.24) is 5.32 Å². The van der Waals surface area contributed by atoms with E-state index in [1.54, 1.807) is 0 Å². The fourth-order valence-corrected chi connectivity index (χ4v) is 6.04. The highest BCUT2D eigenvalue weighted by atomic mass is 32.2. The molecule has 2 aliphatic heterocycles. The minimum atomic E-state index is -1.34. The molecule has 0 radical (unpaired) electrons. The molecule has 2 aliphatic rings. The Morgan fingerprint density at radius 2 is 1.74 bits per heavy atom. The van der Waals surface area contributed by atoms with Gasteiger partial charge in [0.05, 0.1) is 11.4 Å². The first-order valence-corrected chi connectivity index (χ1v) is 12.3. The predicted octanol–water partition coefficient (Wildman–Crippen LogP) is 4.04. The maximum absolute atomic E-state index is 14.0. The Morgan fingerprint density at radius 1 is 1.03 bits per heavy atom. The van der Waals surface area contributed by atoms with Crippen molar-refractivity contribution in [2.75, 3.05) is 22.1 Å². The van der Waals surface area contributed by atoms with Crippen molar-refractivity contribution >= 4 is 40.9 Å². The first-order chi connectivity index (χ1) is 16.8. The van der Waals surface area contributed by atoms with Crippen LogP contribution in [0.2, 0.25) is 0 Å². The van der Waals surface area contributed by atoms with E-state index in [0.29, 0.717) is 23.5 Å². The Hall–Kier alpha value is -3.65. The van der Waals surface area contributed by atoms with E-state index in [1.165, 1.54) is 45.8 Å². The van der Waals surface area contributed by atoms with E-state index in [2.05, 4.69) is 5.32 Å². The van der Waals surface area contributed by atoms with Crippen LogP contribution in [-0.4, -0.2) is 30.0 Å². The van der Waals surface area contributed by atoms with E-state index in [4.69, 9.17) is 0 Å². The van der Waals surface area contributed by atoms with Crippen LogP contribution in [0.4, 0.5) is 15.8 Å². The second kappa shape index (κ2) is 8.85. The Kier molecular flexibility index (Phi) is 5.84. The lowest BCUT2D eigenvalue weighted by atomic mass is 10.0. The number of nitrogens with one attached hydrogen (secondary N) is 1. The number of rotatable bonds is 5. The van der Waals surface area contributed by atoms with E-state index in [9.17, 15) is 18.8 Å². The molecule has 0 unspecified atom stereocenters. The van der Waals surface area contributed by atoms with Crippen molar-refractivity contribution in [2.24, 2.45) is 0 Å². The number of aryl methyl sites for hydroxylation is 2. The Balaban J connectivity index is 1.48. The fraction of sp³-hybridized carbons (Fsp3) is 0.222. The molecule has 3 aromatic rings. The molecule has 178 valence electrons. The molecule has 1 atom stereocenters. The Morgan fingerprint density at radius 3 is 2.46 bits per heavy atom. The number of anilines is 2. The lowest BCUT2D eigenvalue weighted by molar-refractivity contribution is -0.125. The van der Waals surface area contributed by atoms with E-state index in [1.807, 2.05) is 56.3 Å². The predicted molar refractivity (Wildman–Crippen MR) is 135 cm³/mol.